The number of hydrogen-bond acceptors (Lipinski definition) is 3. The summed E-state index contributed by atoms with van der Waals surface area (Å²) in [6.45, 7) is 1.72. The van der Waals surface area contributed by atoms with Crippen molar-refractivity contribution in [2.24, 2.45) is 0 Å². The van der Waals surface area contributed by atoms with Gasteiger partial charge in [0.15, 0.2) is 0 Å². The van der Waals surface area contributed by atoms with Crippen LogP contribution in [0, 0.1) is 0 Å². The normalized spacial score (nSPS) is 37.3. The van der Waals surface area contributed by atoms with Crippen molar-refractivity contribution in [3.63, 3.8) is 0 Å². The average Bonchev–Trinajstić information content (AvgIpc) is 3.49. The van der Waals surface area contributed by atoms with Crippen LogP contribution in [0.15, 0.2) is 18.2 Å². The fourth-order valence-corrected chi connectivity index (χ4v) is 4.87. The summed E-state index contributed by atoms with van der Waals surface area (Å²) in [6.07, 6.45) is 1.11. The summed E-state index contributed by atoms with van der Waals surface area (Å²) in [7, 11) is 0. The lowest BCUT2D eigenvalue weighted by Crippen LogP contribution is -2.56. The molecule has 0 saturated heterocycles. The van der Waals surface area contributed by atoms with Gasteiger partial charge in [-0.15, -0.1) is 0 Å². The summed E-state index contributed by atoms with van der Waals surface area (Å²) < 4.78 is 28.9. The molecule has 2 N–H and O–H groups in total. The lowest BCUT2D eigenvalue weighted by Gasteiger charge is -2.41. The highest BCUT2D eigenvalue weighted by atomic mass is 19.1. The number of fused-ring (bicyclic) bond motifs is 2. The Bertz CT molecular complexity index is 874. The van der Waals surface area contributed by atoms with E-state index >= 15 is 0 Å². The molecule has 0 aromatic heterocycles. The van der Waals surface area contributed by atoms with E-state index < -0.39 is 22.9 Å². The van der Waals surface area contributed by atoms with E-state index in [0.29, 0.717) is 48.8 Å². The molecule has 2 atom stereocenters. The van der Waals surface area contributed by atoms with Crippen LogP contribution in [0.3, 0.4) is 0 Å². The summed E-state index contributed by atoms with van der Waals surface area (Å²) in [5, 5.41) is 12.6. The van der Waals surface area contributed by atoms with E-state index in [9.17, 15) is 23.5 Å². The number of alkyl halides is 2. The van der Waals surface area contributed by atoms with Gasteiger partial charge in [0.1, 0.15) is 11.8 Å². The van der Waals surface area contributed by atoms with Crippen molar-refractivity contribution in [1.29, 1.82) is 0 Å². The van der Waals surface area contributed by atoms with Crippen molar-refractivity contribution >= 4 is 11.8 Å². The average molecular weight is 390 g/mol. The van der Waals surface area contributed by atoms with Gasteiger partial charge in [-0.3, -0.25) is 9.59 Å². The Morgan fingerprint density at radius 1 is 1.32 bits per heavy atom. The number of hydrogen-bond donors (Lipinski definition) is 2. The standard InChI is InChI=1S/C21H24F2N2O3/c1-19(28)7-13(8-19)24-17(26)10-25-11-20(9-16(20)22)15-6-12(21(23)4-5-21)2-3-14(15)18(25)27/h2-3,6,13,16,28H,4-5,7-11H2,1H3,(H,24,26)/t13?,16-,19?,20+/m1/s1. The molecule has 28 heavy (non-hydrogen) atoms. The highest BCUT2D eigenvalue weighted by Gasteiger charge is 2.61. The fourth-order valence-electron chi connectivity index (χ4n) is 4.87. The number of amides is 2. The molecule has 0 radical (unpaired) electrons. The lowest BCUT2D eigenvalue weighted by atomic mass is 9.77. The Balaban J connectivity index is 1.35. The number of carbonyl (C=O) groups excluding carboxylic acids is 2. The Hall–Kier alpha value is -2.02. The maximum absolute atomic E-state index is 14.5. The van der Waals surface area contributed by atoms with Crippen molar-refractivity contribution in [1.82, 2.24) is 10.2 Å². The molecule has 1 aromatic rings. The van der Waals surface area contributed by atoms with Gasteiger partial charge >= 0.3 is 0 Å². The largest absolute Gasteiger partial charge is 0.390 e. The predicted octanol–water partition coefficient (Wildman–Crippen LogP) is 2.11. The zero-order valence-corrected chi connectivity index (χ0v) is 15.8. The van der Waals surface area contributed by atoms with Crippen LogP contribution in [-0.4, -0.2) is 52.7 Å². The summed E-state index contributed by atoms with van der Waals surface area (Å²) in [5.74, 6) is -0.619. The summed E-state index contributed by atoms with van der Waals surface area (Å²) in [4.78, 5) is 26.7. The number of benzene rings is 1. The molecule has 7 heteroatoms. The first-order valence-corrected chi connectivity index (χ1v) is 9.91. The topological polar surface area (TPSA) is 69.6 Å². The number of nitrogens with one attached hydrogen (secondary N) is 1. The Morgan fingerprint density at radius 2 is 2.00 bits per heavy atom. The molecule has 4 aliphatic rings. The van der Waals surface area contributed by atoms with Crippen molar-refractivity contribution in [3.8, 4) is 0 Å². The van der Waals surface area contributed by atoms with Gasteiger partial charge in [-0.25, -0.2) is 8.78 Å². The van der Waals surface area contributed by atoms with Crippen LogP contribution in [0.25, 0.3) is 0 Å². The molecule has 2 amide bonds. The minimum atomic E-state index is -1.33. The first-order chi connectivity index (χ1) is 13.1. The SMILES string of the molecule is CC1(O)CC(NC(=O)CN2C[C@@]3(C[C@H]3F)c3cc(C4(F)CC4)ccc3C2=O)C1. The van der Waals surface area contributed by atoms with Crippen LogP contribution in [0.4, 0.5) is 8.78 Å². The molecular weight excluding hydrogens is 366 g/mol. The molecule has 5 nitrogen and oxygen atoms in total. The zero-order chi connectivity index (χ0) is 19.9. The molecule has 5 rings (SSSR count). The van der Waals surface area contributed by atoms with E-state index in [1.165, 1.54) is 4.90 Å². The number of rotatable bonds is 4. The minimum absolute atomic E-state index is 0.0969. The highest BCUT2D eigenvalue weighted by molar-refractivity contribution is 6.00. The van der Waals surface area contributed by atoms with E-state index in [4.69, 9.17) is 0 Å². The van der Waals surface area contributed by atoms with Gasteiger partial charge in [-0.1, -0.05) is 12.1 Å². The fraction of sp³-hybridized carbons (Fsp3) is 0.619. The van der Waals surface area contributed by atoms with Gasteiger partial charge < -0.3 is 15.3 Å². The van der Waals surface area contributed by atoms with E-state index in [1.807, 2.05) is 0 Å². The lowest BCUT2D eigenvalue weighted by molar-refractivity contribution is -0.125. The third kappa shape index (κ3) is 2.74. The summed E-state index contributed by atoms with van der Waals surface area (Å²) >= 11 is 0. The number of carbonyl (C=O) groups is 2. The molecule has 1 aliphatic heterocycles. The number of aliphatic hydroxyl groups is 1. The first kappa shape index (κ1) is 18.0. The quantitative estimate of drug-likeness (QED) is 0.827. The Kier molecular flexibility index (Phi) is 3.56. The Morgan fingerprint density at radius 3 is 2.57 bits per heavy atom. The molecular formula is C21H24F2N2O3. The third-order valence-electron chi connectivity index (χ3n) is 6.81. The van der Waals surface area contributed by atoms with Gasteiger partial charge in [-0.05, 0) is 56.2 Å². The number of nitrogens with zero attached hydrogens (tertiary/aromatic N) is 1. The van der Waals surface area contributed by atoms with Crippen LogP contribution in [-0.2, 0) is 15.9 Å². The van der Waals surface area contributed by atoms with Gasteiger partial charge in [0.2, 0.25) is 5.91 Å². The summed E-state index contributed by atoms with van der Waals surface area (Å²) in [6, 6.07) is 4.79. The van der Waals surface area contributed by atoms with Crippen molar-refractivity contribution in [2.45, 2.75) is 67.9 Å². The van der Waals surface area contributed by atoms with E-state index in [-0.39, 0.29) is 30.9 Å². The molecule has 3 aliphatic carbocycles. The molecule has 150 valence electrons. The molecule has 1 heterocycles. The van der Waals surface area contributed by atoms with Crippen LogP contribution in [0.1, 0.15) is 60.5 Å². The minimum Gasteiger partial charge on any atom is -0.390 e. The molecule has 0 bridgehead atoms. The van der Waals surface area contributed by atoms with E-state index in [1.54, 1.807) is 25.1 Å². The maximum atomic E-state index is 14.5. The molecule has 3 fully saturated rings. The second-order valence-electron chi connectivity index (χ2n) is 9.38. The maximum Gasteiger partial charge on any atom is 0.254 e. The van der Waals surface area contributed by atoms with Gasteiger partial charge in [-0.2, -0.15) is 0 Å². The van der Waals surface area contributed by atoms with Gasteiger partial charge in [0.05, 0.1) is 12.1 Å². The van der Waals surface area contributed by atoms with Crippen molar-refractivity contribution in [2.75, 3.05) is 13.1 Å². The van der Waals surface area contributed by atoms with E-state index in [2.05, 4.69) is 5.32 Å². The van der Waals surface area contributed by atoms with Gasteiger partial charge in [0, 0.05) is 23.6 Å². The third-order valence-corrected chi connectivity index (χ3v) is 6.81. The predicted molar refractivity (Wildman–Crippen MR) is 97.3 cm³/mol. The monoisotopic (exact) mass is 390 g/mol. The van der Waals surface area contributed by atoms with Crippen LogP contribution in [0.5, 0.6) is 0 Å². The van der Waals surface area contributed by atoms with E-state index in [0.717, 1.165) is 0 Å². The van der Waals surface area contributed by atoms with Gasteiger partial charge in [0.25, 0.3) is 5.91 Å². The molecule has 0 unspecified atom stereocenters. The van der Waals surface area contributed by atoms with Crippen molar-refractivity contribution < 1.29 is 23.5 Å². The summed E-state index contributed by atoms with van der Waals surface area (Å²) in [5.41, 5.74) is -1.39. The molecule has 3 saturated carbocycles. The van der Waals surface area contributed by atoms with Crippen LogP contribution in [0.2, 0.25) is 0 Å². The zero-order valence-electron chi connectivity index (χ0n) is 15.8. The van der Waals surface area contributed by atoms with Crippen molar-refractivity contribution in [3.05, 3.63) is 34.9 Å². The molecule has 1 aromatic carbocycles. The highest BCUT2D eigenvalue weighted by Crippen LogP contribution is 2.57. The van der Waals surface area contributed by atoms with Crippen LogP contribution < -0.4 is 5.32 Å². The molecule has 1 spiro atoms. The smallest absolute Gasteiger partial charge is 0.254 e. The first-order valence-electron chi connectivity index (χ1n) is 9.91. The van der Waals surface area contributed by atoms with Crippen LogP contribution >= 0.6 is 0 Å². The number of halogens is 2. The second-order valence-corrected chi connectivity index (χ2v) is 9.38. The Labute approximate surface area is 162 Å². The second kappa shape index (κ2) is 5.53.